The van der Waals surface area contributed by atoms with Crippen molar-refractivity contribution in [3.05, 3.63) is 76.5 Å². The Morgan fingerprint density at radius 2 is 2.00 bits per heavy atom. The molecule has 1 N–H and O–H groups in total. The Hall–Kier alpha value is -2.96. The molecule has 146 valence electrons. The van der Waals surface area contributed by atoms with Gasteiger partial charge in [0.2, 0.25) is 4.80 Å². The smallest absolute Gasteiger partial charge is 0.206 e. The zero-order chi connectivity index (χ0) is 19.5. The summed E-state index contributed by atoms with van der Waals surface area (Å²) in [6.45, 7) is 1.52. The lowest BCUT2D eigenvalue weighted by molar-refractivity contribution is 0.117. The number of aromatic nitrogens is 2. The number of nitrogens with zero attached hydrogens (tertiary/aromatic N) is 3. The SMILES string of the molecule is C(=N\n1c(-c2ccccc2)csc1=NC[C@H]1CCCO1)/c1c[nH]c2ccccc12. The molecule has 2 aromatic carbocycles. The van der Waals surface area contributed by atoms with E-state index in [9.17, 15) is 0 Å². The number of ether oxygens (including phenoxy) is 1. The minimum Gasteiger partial charge on any atom is -0.376 e. The molecule has 4 aromatic rings. The van der Waals surface area contributed by atoms with Crippen LogP contribution in [0.1, 0.15) is 18.4 Å². The van der Waals surface area contributed by atoms with Crippen molar-refractivity contribution >= 4 is 28.5 Å². The van der Waals surface area contributed by atoms with Crippen molar-refractivity contribution in [1.82, 2.24) is 9.66 Å². The van der Waals surface area contributed by atoms with E-state index in [2.05, 4.69) is 34.6 Å². The number of aromatic amines is 1. The van der Waals surface area contributed by atoms with Crippen LogP contribution in [0.4, 0.5) is 0 Å². The Morgan fingerprint density at radius 3 is 2.86 bits per heavy atom. The van der Waals surface area contributed by atoms with E-state index in [0.717, 1.165) is 52.0 Å². The first kappa shape index (κ1) is 18.1. The average molecular weight is 403 g/mol. The van der Waals surface area contributed by atoms with Gasteiger partial charge in [-0.05, 0) is 18.9 Å². The summed E-state index contributed by atoms with van der Waals surface area (Å²) >= 11 is 1.61. The molecule has 0 bridgehead atoms. The highest BCUT2D eigenvalue weighted by molar-refractivity contribution is 7.07. The second-order valence-electron chi connectivity index (χ2n) is 7.09. The van der Waals surface area contributed by atoms with Crippen LogP contribution < -0.4 is 4.80 Å². The standard InChI is InChI=1S/C23H22N4OS/c1-2-7-17(8-3-1)22-16-29-23(25-15-19-9-6-12-28-19)27(22)26-14-18-13-24-21-11-5-4-10-20(18)21/h1-5,7-8,10-11,13-14,16,19,24H,6,9,12,15H2/b25-23?,26-14+/t19-/m1/s1. The predicted molar refractivity (Wildman–Crippen MR) is 118 cm³/mol. The highest BCUT2D eigenvalue weighted by atomic mass is 32.1. The molecular formula is C23H22N4OS. The molecule has 1 atom stereocenters. The second kappa shape index (κ2) is 8.19. The fourth-order valence-corrected chi connectivity index (χ4v) is 4.46. The van der Waals surface area contributed by atoms with Crippen LogP contribution in [0.25, 0.3) is 22.2 Å². The fraction of sp³-hybridized carbons (Fsp3) is 0.217. The largest absolute Gasteiger partial charge is 0.376 e. The zero-order valence-corrected chi connectivity index (χ0v) is 16.8. The minimum absolute atomic E-state index is 0.225. The van der Waals surface area contributed by atoms with Crippen LogP contribution in [0.5, 0.6) is 0 Å². The van der Waals surface area contributed by atoms with Gasteiger partial charge in [-0.3, -0.25) is 4.99 Å². The van der Waals surface area contributed by atoms with Gasteiger partial charge in [0, 0.05) is 40.2 Å². The van der Waals surface area contributed by atoms with Crippen LogP contribution >= 0.6 is 11.3 Å². The van der Waals surface area contributed by atoms with Gasteiger partial charge in [0.05, 0.1) is 24.6 Å². The van der Waals surface area contributed by atoms with Crippen LogP contribution in [-0.2, 0) is 4.74 Å². The third-order valence-corrected chi connectivity index (χ3v) is 6.00. The van der Waals surface area contributed by atoms with Crippen molar-refractivity contribution in [2.75, 3.05) is 13.2 Å². The molecule has 0 spiro atoms. The van der Waals surface area contributed by atoms with Crippen LogP contribution in [0.2, 0.25) is 0 Å². The molecule has 0 unspecified atom stereocenters. The lowest BCUT2D eigenvalue weighted by atomic mass is 10.2. The maximum atomic E-state index is 5.73. The third kappa shape index (κ3) is 3.81. The summed E-state index contributed by atoms with van der Waals surface area (Å²) in [5.41, 5.74) is 4.33. The number of H-pyrrole nitrogens is 1. The second-order valence-corrected chi connectivity index (χ2v) is 7.93. The molecule has 5 rings (SSSR count). The van der Waals surface area contributed by atoms with Gasteiger partial charge in [0.1, 0.15) is 0 Å². The molecule has 1 aliphatic heterocycles. The Labute approximate surface area is 173 Å². The topological polar surface area (TPSA) is 54.7 Å². The van der Waals surface area contributed by atoms with E-state index in [4.69, 9.17) is 14.8 Å². The number of hydrogen-bond acceptors (Lipinski definition) is 4. The van der Waals surface area contributed by atoms with E-state index in [1.165, 1.54) is 0 Å². The summed E-state index contributed by atoms with van der Waals surface area (Å²) in [7, 11) is 0. The number of nitrogens with one attached hydrogen (secondary N) is 1. The van der Waals surface area contributed by atoms with E-state index in [1.807, 2.05) is 47.4 Å². The van der Waals surface area contributed by atoms with Crippen molar-refractivity contribution < 1.29 is 4.74 Å². The third-order valence-electron chi connectivity index (χ3n) is 5.14. The molecule has 1 saturated heterocycles. The molecule has 0 amide bonds. The number of para-hydroxylation sites is 1. The monoisotopic (exact) mass is 402 g/mol. The molecule has 2 aromatic heterocycles. The summed E-state index contributed by atoms with van der Waals surface area (Å²) in [5, 5.41) is 8.11. The van der Waals surface area contributed by atoms with Crippen molar-refractivity contribution in [1.29, 1.82) is 0 Å². The highest BCUT2D eigenvalue weighted by Gasteiger charge is 2.15. The van der Waals surface area contributed by atoms with Gasteiger partial charge in [-0.2, -0.15) is 5.10 Å². The maximum Gasteiger partial charge on any atom is 0.206 e. The molecule has 5 nitrogen and oxygen atoms in total. The van der Waals surface area contributed by atoms with Gasteiger partial charge in [-0.1, -0.05) is 48.5 Å². The maximum absolute atomic E-state index is 5.73. The summed E-state index contributed by atoms with van der Waals surface area (Å²) in [4.78, 5) is 9.02. The normalized spacial score (nSPS) is 17.7. The van der Waals surface area contributed by atoms with E-state index in [0.29, 0.717) is 6.54 Å². The highest BCUT2D eigenvalue weighted by Crippen LogP contribution is 2.21. The lowest BCUT2D eigenvalue weighted by Gasteiger charge is -2.05. The van der Waals surface area contributed by atoms with Crippen molar-refractivity contribution in [3.63, 3.8) is 0 Å². The quantitative estimate of drug-likeness (QED) is 0.485. The molecule has 0 aliphatic carbocycles. The summed E-state index contributed by atoms with van der Waals surface area (Å²) in [6.07, 6.45) is 6.33. The summed E-state index contributed by atoms with van der Waals surface area (Å²) in [6, 6.07) is 18.6. The Morgan fingerprint density at radius 1 is 1.14 bits per heavy atom. The molecule has 29 heavy (non-hydrogen) atoms. The minimum atomic E-state index is 0.225. The summed E-state index contributed by atoms with van der Waals surface area (Å²) in [5.74, 6) is 0. The predicted octanol–water partition coefficient (Wildman–Crippen LogP) is 4.66. The lowest BCUT2D eigenvalue weighted by Crippen LogP contribution is -2.17. The van der Waals surface area contributed by atoms with Crippen molar-refractivity contribution in [2.45, 2.75) is 18.9 Å². The first-order valence-electron chi connectivity index (χ1n) is 9.87. The molecule has 0 radical (unpaired) electrons. The van der Waals surface area contributed by atoms with Gasteiger partial charge in [-0.25, -0.2) is 4.68 Å². The van der Waals surface area contributed by atoms with E-state index >= 15 is 0 Å². The summed E-state index contributed by atoms with van der Waals surface area (Å²) < 4.78 is 7.67. The van der Waals surface area contributed by atoms with Gasteiger partial charge < -0.3 is 9.72 Å². The van der Waals surface area contributed by atoms with Crippen molar-refractivity contribution in [3.8, 4) is 11.3 Å². The number of hydrogen-bond donors (Lipinski definition) is 1. The molecular weight excluding hydrogens is 380 g/mol. The zero-order valence-electron chi connectivity index (χ0n) is 16.0. The van der Waals surface area contributed by atoms with E-state index in [-0.39, 0.29) is 6.10 Å². The fourth-order valence-electron chi connectivity index (χ4n) is 3.62. The molecule has 6 heteroatoms. The Kier molecular flexibility index (Phi) is 5.11. The first-order chi connectivity index (χ1) is 14.4. The van der Waals surface area contributed by atoms with Crippen LogP contribution in [0.3, 0.4) is 0 Å². The Bertz CT molecular complexity index is 1200. The van der Waals surface area contributed by atoms with Gasteiger partial charge in [0.15, 0.2) is 0 Å². The van der Waals surface area contributed by atoms with Crippen LogP contribution in [-0.4, -0.2) is 35.1 Å². The molecule has 1 aliphatic rings. The average Bonchev–Trinajstić information content (AvgIpc) is 3.51. The Balaban J connectivity index is 1.55. The molecule has 3 heterocycles. The molecule has 0 saturated carbocycles. The first-order valence-corrected chi connectivity index (χ1v) is 10.7. The number of rotatable bonds is 5. The van der Waals surface area contributed by atoms with Crippen LogP contribution in [0, 0.1) is 0 Å². The van der Waals surface area contributed by atoms with Gasteiger partial charge in [0.25, 0.3) is 0 Å². The van der Waals surface area contributed by atoms with E-state index < -0.39 is 0 Å². The number of fused-ring (bicyclic) bond motifs is 1. The number of thiazole rings is 1. The van der Waals surface area contributed by atoms with Gasteiger partial charge >= 0.3 is 0 Å². The van der Waals surface area contributed by atoms with Crippen LogP contribution in [0.15, 0.2) is 76.3 Å². The number of benzene rings is 2. The van der Waals surface area contributed by atoms with E-state index in [1.54, 1.807) is 11.3 Å². The molecule has 1 fully saturated rings. The van der Waals surface area contributed by atoms with Crippen molar-refractivity contribution in [2.24, 2.45) is 10.1 Å². The van der Waals surface area contributed by atoms with Gasteiger partial charge in [-0.15, -0.1) is 11.3 Å².